The van der Waals surface area contributed by atoms with Crippen LogP contribution >= 0.6 is 0 Å². The van der Waals surface area contributed by atoms with Gasteiger partial charge < -0.3 is 4.90 Å². The van der Waals surface area contributed by atoms with E-state index >= 15 is 0 Å². The van der Waals surface area contributed by atoms with Crippen LogP contribution in [0.25, 0.3) is 0 Å². The molecule has 1 saturated heterocycles. The molecule has 0 unspecified atom stereocenters. The molecule has 18 heavy (non-hydrogen) atoms. The summed E-state index contributed by atoms with van der Waals surface area (Å²) in [6.07, 6.45) is 5.74. The maximum atomic E-state index is 9.03. The van der Waals surface area contributed by atoms with Gasteiger partial charge in [0.25, 0.3) is 0 Å². The molecule has 1 aromatic rings. The molecule has 5 nitrogen and oxygen atoms in total. The highest BCUT2D eigenvalue weighted by Crippen LogP contribution is 2.11. The molecule has 98 valence electrons. The highest BCUT2D eigenvalue weighted by Gasteiger charge is 2.15. The van der Waals surface area contributed by atoms with Crippen molar-refractivity contribution in [3.05, 3.63) is 11.4 Å². The van der Waals surface area contributed by atoms with E-state index in [0.717, 1.165) is 38.0 Å². The first-order valence-corrected chi connectivity index (χ1v) is 6.90. The molecule has 0 saturated carbocycles. The lowest BCUT2D eigenvalue weighted by Crippen LogP contribution is -2.25. The van der Waals surface area contributed by atoms with Gasteiger partial charge in [-0.15, -0.1) is 5.10 Å². The molecule has 1 fully saturated rings. The second kappa shape index (κ2) is 6.50. The number of likely N-dealkylation sites (tertiary alicyclic amines) is 1. The maximum absolute atomic E-state index is 9.03. The molecule has 0 amide bonds. The van der Waals surface area contributed by atoms with Crippen LogP contribution in [0.5, 0.6) is 0 Å². The van der Waals surface area contributed by atoms with Crippen molar-refractivity contribution in [3.63, 3.8) is 0 Å². The molecule has 0 aliphatic carbocycles. The second-order valence-corrected chi connectivity index (χ2v) is 4.87. The van der Waals surface area contributed by atoms with E-state index in [0.29, 0.717) is 5.69 Å². The molecule has 1 aliphatic heterocycles. The van der Waals surface area contributed by atoms with Crippen molar-refractivity contribution in [2.24, 2.45) is 0 Å². The van der Waals surface area contributed by atoms with Crippen molar-refractivity contribution in [3.8, 4) is 6.07 Å². The quantitative estimate of drug-likeness (QED) is 0.766. The van der Waals surface area contributed by atoms with Crippen molar-refractivity contribution in [2.45, 2.75) is 45.6 Å². The van der Waals surface area contributed by atoms with Gasteiger partial charge in [0.1, 0.15) is 6.07 Å². The molecule has 0 bridgehead atoms. The van der Waals surface area contributed by atoms with Crippen LogP contribution in [-0.4, -0.2) is 39.5 Å². The Bertz CT molecular complexity index is 412. The minimum Gasteiger partial charge on any atom is -0.301 e. The minimum atomic E-state index is 0.505. The van der Waals surface area contributed by atoms with E-state index in [9.17, 15) is 0 Å². The fourth-order valence-electron chi connectivity index (χ4n) is 2.43. The second-order valence-electron chi connectivity index (χ2n) is 4.87. The molecule has 0 N–H and O–H groups in total. The molecule has 1 aromatic heterocycles. The van der Waals surface area contributed by atoms with Crippen LogP contribution < -0.4 is 0 Å². The Hall–Kier alpha value is -1.41. The predicted molar refractivity (Wildman–Crippen MR) is 69.0 cm³/mol. The Morgan fingerprint density at radius 1 is 1.28 bits per heavy atom. The van der Waals surface area contributed by atoms with Crippen LogP contribution in [-0.2, 0) is 13.0 Å². The fourth-order valence-corrected chi connectivity index (χ4v) is 2.43. The Morgan fingerprint density at radius 2 is 2.06 bits per heavy atom. The smallest absolute Gasteiger partial charge is 0.185 e. The number of hydrogen-bond acceptors (Lipinski definition) is 4. The number of hydrogen-bond donors (Lipinski definition) is 0. The summed E-state index contributed by atoms with van der Waals surface area (Å²) in [7, 11) is 0. The van der Waals surface area contributed by atoms with E-state index in [1.54, 1.807) is 0 Å². The van der Waals surface area contributed by atoms with Crippen LogP contribution in [0, 0.1) is 11.3 Å². The third-order valence-corrected chi connectivity index (χ3v) is 3.54. The van der Waals surface area contributed by atoms with Gasteiger partial charge in [-0.05, 0) is 38.8 Å². The topological polar surface area (TPSA) is 57.7 Å². The predicted octanol–water partition coefficient (Wildman–Crippen LogP) is 1.59. The summed E-state index contributed by atoms with van der Waals surface area (Å²) >= 11 is 0. The lowest BCUT2D eigenvalue weighted by atomic mass is 10.2. The summed E-state index contributed by atoms with van der Waals surface area (Å²) < 4.78 is 1.92. The molecular formula is C13H21N5. The monoisotopic (exact) mass is 247 g/mol. The van der Waals surface area contributed by atoms with Crippen molar-refractivity contribution < 1.29 is 0 Å². The minimum absolute atomic E-state index is 0.505. The number of unbranched alkanes of at least 4 members (excludes halogenated alkanes) is 1. The summed E-state index contributed by atoms with van der Waals surface area (Å²) in [6, 6.07) is 2.14. The van der Waals surface area contributed by atoms with Gasteiger partial charge in [0, 0.05) is 6.54 Å². The van der Waals surface area contributed by atoms with Crippen molar-refractivity contribution >= 4 is 0 Å². The summed E-state index contributed by atoms with van der Waals surface area (Å²) in [5.41, 5.74) is 1.52. The number of rotatable bonds is 6. The van der Waals surface area contributed by atoms with Crippen molar-refractivity contribution in [1.82, 2.24) is 19.9 Å². The van der Waals surface area contributed by atoms with Crippen LogP contribution in [0.4, 0.5) is 0 Å². The van der Waals surface area contributed by atoms with E-state index in [1.165, 1.54) is 25.9 Å². The Balaban J connectivity index is 1.97. The zero-order chi connectivity index (χ0) is 12.8. The van der Waals surface area contributed by atoms with Gasteiger partial charge in [0.2, 0.25) is 0 Å². The molecule has 0 aromatic carbocycles. The highest BCUT2D eigenvalue weighted by atomic mass is 15.4. The average Bonchev–Trinajstić information content (AvgIpc) is 3.03. The normalized spacial score (nSPS) is 16.0. The van der Waals surface area contributed by atoms with E-state index in [-0.39, 0.29) is 0 Å². The SMILES string of the molecule is CCCCc1c(C#N)nnn1CCN1CCCC1. The fraction of sp³-hybridized carbons (Fsp3) is 0.769. The molecule has 0 spiro atoms. The number of nitrogens with zero attached hydrogens (tertiary/aromatic N) is 5. The van der Waals surface area contributed by atoms with Gasteiger partial charge in [-0.1, -0.05) is 18.6 Å². The Morgan fingerprint density at radius 3 is 2.72 bits per heavy atom. The third-order valence-electron chi connectivity index (χ3n) is 3.54. The van der Waals surface area contributed by atoms with Crippen molar-refractivity contribution in [1.29, 1.82) is 5.26 Å². The molecule has 5 heteroatoms. The number of nitriles is 1. The summed E-state index contributed by atoms with van der Waals surface area (Å²) in [4.78, 5) is 2.46. The van der Waals surface area contributed by atoms with Crippen LogP contribution in [0.2, 0.25) is 0 Å². The molecule has 2 rings (SSSR count). The van der Waals surface area contributed by atoms with Gasteiger partial charge in [-0.3, -0.25) is 0 Å². The first kappa shape index (κ1) is 13.0. The van der Waals surface area contributed by atoms with Crippen LogP contribution in [0.3, 0.4) is 0 Å². The van der Waals surface area contributed by atoms with E-state index in [2.05, 4.69) is 28.2 Å². The largest absolute Gasteiger partial charge is 0.301 e. The van der Waals surface area contributed by atoms with E-state index < -0.39 is 0 Å². The first-order valence-electron chi connectivity index (χ1n) is 6.90. The van der Waals surface area contributed by atoms with Gasteiger partial charge >= 0.3 is 0 Å². The molecule has 2 heterocycles. The van der Waals surface area contributed by atoms with Gasteiger partial charge in [0.15, 0.2) is 5.69 Å². The molecule has 1 aliphatic rings. The third kappa shape index (κ3) is 3.08. The van der Waals surface area contributed by atoms with Crippen LogP contribution in [0.1, 0.15) is 44.0 Å². The zero-order valence-corrected chi connectivity index (χ0v) is 11.1. The summed E-state index contributed by atoms with van der Waals surface area (Å²) in [5.74, 6) is 0. The summed E-state index contributed by atoms with van der Waals surface area (Å²) in [6.45, 7) is 6.43. The lowest BCUT2D eigenvalue weighted by molar-refractivity contribution is 0.311. The van der Waals surface area contributed by atoms with Gasteiger partial charge in [-0.2, -0.15) is 5.26 Å². The molecular weight excluding hydrogens is 226 g/mol. The summed E-state index contributed by atoms with van der Waals surface area (Å²) in [5, 5.41) is 17.1. The Labute approximate surface area is 108 Å². The van der Waals surface area contributed by atoms with Crippen LogP contribution in [0.15, 0.2) is 0 Å². The lowest BCUT2D eigenvalue weighted by Gasteiger charge is -2.14. The maximum Gasteiger partial charge on any atom is 0.185 e. The first-order chi connectivity index (χ1) is 8.85. The van der Waals surface area contributed by atoms with Gasteiger partial charge in [0.05, 0.1) is 12.2 Å². The standard InChI is InChI=1S/C13H21N5/c1-2-3-6-13-12(11-14)15-16-18(13)10-9-17-7-4-5-8-17/h2-10H2,1H3. The Kier molecular flexibility index (Phi) is 4.71. The van der Waals surface area contributed by atoms with Crippen molar-refractivity contribution in [2.75, 3.05) is 19.6 Å². The van der Waals surface area contributed by atoms with E-state index in [4.69, 9.17) is 5.26 Å². The average molecular weight is 247 g/mol. The van der Waals surface area contributed by atoms with Gasteiger partial charge in [-0.25, -0.2) is 4.68 Å². The molecule has 0 atom stereocenters. The molecule has 0 radical (unpaired) electrons. The number of aromatic nitrogens is 3. The van der Waals surface area contributed by atoms with E-state index in [1.807, 2.05) is 4.68 Å². The highest BCUT2D eigenvalue weighted by molar-refractivity contribution is 5.24. The zero-order valence-electron chi connectivity index (χ0n) is 11.1.